The van der Waals surface area contributed by atoms with E-state index in [-0.39, 0.29) is 24.3 Å². The monoisotopic (exact) mass is 345 g/mol. The van der Waals surface area contributed by atoms with Crippen molar-refractivity contribution < 1.29 is 24.0 Å². The van der Waals surface area contributed by atoms with Crippen molar-refractivity contribution in [3.8, 4) is 6.07 Å². The quantitative estimate of drug-likeness (QED) is 0.363. The summed E-state index contributed by atoms with van der Waals surface area (Å²) in [5.74, 6) is -3.92. The number of non-ortho nitro benzene ring substituents is 1. The predicted octanol–water partition coefficient (Wildman–Crippen LogP) is 0.985. The van der Waals surface area contributed by atoms with Crippen molar-refractivity contribution in [3.63, 3.8) is 0 Å². The lowest BCUT2D eigenvalue weighted by atomic mass is 9.80. The highest BCUT2D eigenvalue weighted by molar-refractivity contribution is 6.03. The van der Waals surface area contributed by atoms with E-state index in [0.717, 1.165) is 0 Å². The number of nitriles is 1. The molecule has 1 heterocycles. The topological polar surface area (TPSA) is 139 Å². The largest absolute Gasteiger partial charge is 0.464 e. The average Bonchev–Trinajstić information content (AvgIpc) is 2.61. The molecule has 1 aromatic carbocycles. The van der Waals surface area contributed by atoms with Crippen LogP contribution in [0.25, 0.3) is 0 Å². The summed E-state index contributed by atoms with van der Waals surface area (Å²) in [6.45, 7) is 1.67. The molecule has 1 saturated heterocycles. The number of nitrogens with one attached hydrogen (secondary N) is 1. The van der Waals surface area contributed by atoms with Gasteiger partial charge in [0.05, 0.1) is 23.5 Å². The van der Waals surface area contributed by atoms with E-state index in [1.165, 1.54) is 24.3 Å². The zero-order valence-corrected chi connectivity index (χ0v) is 13.3. The maximum absolute atomic E-state index is 12.7. The number of nitro groups is 1. The number of ketones is 1. The lowest BCUT2D eigenvalue weighted by molar-refractivity contribution is -0.384. The van der Waals surface area contributed by atoms with E-state index >= 15 is 0 Å². The fourth-order valence-corrected chi connectivity index (χ4v) is 2.64. The molecular weight excluding hydrogens is 330 g/mol. The van der Waals surface area contributed by atoms with Crippen molar-refractivity contribution in [2.45, 2.75) is 19.4 Å². The Kier molecular flexibility index (Phi) is 5.44. The Morgan fingerprint density at radius 1 is 1.40 bits per heavy atom. The summed E-state index contributed by atoms with van der Waals surface area (Å²) in [6.07, 6.45) is -0.123. The van der Waals surface area contributed by atoms with Gasteiger partial charge in [-0.05, 0) is 25.5 Å². The van der Waals surface area contributed by atoms with Crippen LogP contribution in [-0.4, -0.2) is 35.2 Å². The normalized spacial score (nSPS) is 22.4. The van der Waals surface area contributed by atoms with Crippen molar-refractivity contribution in [1.29, 1.82) is 5.26 Å². The minimum atomic E-state index is -1.19. The number of Topliss-reactive ketones (excluding diaryl/α,β-unsaturated/α-hetero) is 1. The number of rotatable bonds is 5. The van der Waals surface area contributed by atoms with E-state index in [2.05, 4.69) is 5.32 Å². The minimum Gasteiger partial charge on any atom is -0.464 e. The average molecular weight is 345 g/mol. The maximum Gasteiger partial charge on any atom is 0.329 e. The van der Waals surface area contributed by atoms with Gasteiger partial charge in [0.15, 0.2) is 5.78 Å². The molecule has 3 unspecified atom stereocenters. The molecule has 0 aliphatic carbocycles. The molecule has 1 aliphatic heterocycles. The molecule has 2 rings (SSSR count). The predicted molar refractivity (Wildman–Crippen MR) is 83.2 cm³/mol. The molecule has 25 heavy (non-hydrogen) atoms. The van der Waals surface area contributed by atoms with Crippen molar-refractivity contribution in [2.75, 3.05) is 6.61 Å². The van der Waals surface area contributed by atoms with E-state index in [1.54, 1.807) is 13.0 Å². The Morgan fingerprint density at radius 2 is 2.04 bits per heavy atom. The lowest BCUT2D eigenvalue weighted by Crippen LogP contribution is -2.55. The first kappa shape index (κ1) is 18.1. The molecule has 9 nitrogen and oxygen atoms in total. The summed E-state index contributed by atoms with van der Waals surface area (Å²) in [7, 11) is 0. The smallest absolute Gasteiger partial charge is 0.329 e. The number of amides is 1. The number of nitro benzene ring substituents is 1. The zero-order valence-electron chi connectivity index (χ0n) is 13.3. The number of esters is 1. The number of carbonyl (C=O) groups is 3. The van der Waals surface area contributed by atoms with E-state index < -0.39 is 40.5 Å². The minimum absolute atomic E-state index is 0.0747. The highest BCUT2D eigenvalue weighted by atomic mass is 16.6. The molecule has 1 N–H and O–H groups in total. The van der Waals surface area contributed by atoms with Gasteiger partial charge in [0.25, 0.3) is 5.69 Å². The molecule has 130 valence electrons. The van der Waals surface area contributed by atoms with Crippen LogP contribution in [0.2, 0.25) is 0 Å². The summed E-state index contributed by atoms with van der Waals surface area (Å²) in [6, 6.07) is 5.51. The first-order valence-electron chi connectivity index (χ1n) is 7.54. The van der Waals surface area contributed by atoms with Crippen LogP contribution in [-0.2, 0) is 14.3 Å². The van der Waals surface area contributed by atoms with Gasteiger partial charge in [-0.1, -0.05) is 0 Å². The summed E-state index contributed by atoms with van der Waals surface area (Å²) in [4.78, 5) is 46.7. The first-order chi connectivity index (χ1) is 11.9. The lowest BCUT2D eigenvalue weighted by Gasteiger charge is -2.31. The van der Waals surface area contributed by atoms with Crippen molar-refractivity contribution >= 4 is 23.3 Å². The van der Waals surface area contributed by atoms with Crippen LogP contribution in [0.15, 0.2) is 24.3 Å². The molecule has 1 amide bonds. The number of hydrogen-bond donors (Lipinski definition) is 1. The summed E-state index contributed by atoms with van der Waals surface area (Å²) >= 11 is 0. The van der Waals surface area contributed by atoms with Crippen LogP contribution in [0.3, 0.4) is 0 Å². The zero-order chi connectivity index (χ0) is 18.6. The molecule has 1 aromatic rings. The standard InChI is InChI=1S/C16H15N3O6/c1-2-25-16(22)13-12(7-10(8-17)15(21)18-13)14(20)9-3-5-11(6-4-9)19(23)24/h3-6,10,12-13H,2,7H2,1H3,(H,18,21). The third-order valence-electron chi connectivity index (χ3n) is 3.90. The van der Waals surface area contributed by atoms with E-state index in [0.29, 0.717) is 0 Å². The first-order valence-corrected chi connectivity index (χ1v) is 7.54. The molecule has 0 bridgehead atoms. The number of ether oxygens (including phenoxy) is 1. The summed E-state index contributed by atoms with van der Waals surface area (Å²) in [5.41, 5.74) is -0.0249. The van der Waals surface area contributed by atoms with E-state index in [9.17, 15) is 24.5 Å². The number of benzene rings is 1. The fourth-order valence-electron chi connectivity index (χ4n) is 2.64. The summed E-state index contributed by atoms with van der Waals surface area (Å²) < 4.78 is 4.89. The number of carbonyl (C=O) groups excluding carboxylic acids is 3. The van der Waals surface area contributed by atoms with E-state index in [1.807, 2.05) is 0 Å². The molecule has 1 aliphatic rings. The Hall–Kier alpha value is -3.28. The van der Waals surface area contributed by atoms with Crippen LogP contribution in [0, 0.1) is 33.3 Å². The number of nitrogens with zero attached hydrogens (tertiary/aromatic N) is 2. The maximum atomic E-state index is 12.7. The van der Waals surface area contributed by atoms with Gasteiger partial charge in [-0.2, -0.15) is 5.26 Å². The fraction of sp³-hybridized carbons (Fsp3) is 0.375. The Morgan fingerprint density at radius 3 is 2.56 bits per heavy atom. The van der Waals surface area contributed by atoms with Gasteiger partial charge in [0.1, 0.15) is 12.0 Å². The third kappa shape index (κ3) is 3.80. The van der Waals surface area contributed by atoms with E-state index in [4.69, 9.17) is 10.00 Å². The van der Waals surface area contributed by atoms with Gasteiger partial charge in [0, 0.05) is 17.7 Å². The molecule has 0 aromatic heterocycles. The van der Waals surface area contributed by atoms with Crippen molar-refractivity contribution in [1.82, 2.24) is 5.32 Å². The van der Waals surface area contributed by atoms with Gasteiger partial charge in [0.2, 0.25) is 5.91 Å². The van der Waals surface area contributed by atoms with Crippen LogP contribution < -0.4 is 5.32 Å². The summed E-state index contributed by atoms with van der Waals surface area (Å²) in [5, 5.41) is 22.1. The van der Waals surface area contributed by atoms with Crippen LogP contribution in [0.5, 0.6) is 0 Å². The van der Waals surface area contributed by atoms with Crippen LogP contribution in [0.4, 0.5) is 5.69 Å². The van der Waals surface area contributed by atoms with Gasteiger partial charge < -0.3 is 10.1 Å². The molecular formula is C16H15N3O6. The second-order valence-electron chi connectivity index (χ2n) is 5.43. The van der Waals surface area contributed by atoms with Crippen LogP contribution >= 0.6 is 0 Å². The highest BCUT2D eigenvalue weighted by Gasteiger charge is 2.44. The van der Waals surface area contributed by atoms with Crippen molar-refractivity contribution in [2.24, 2.45) is 11.8 Å². The molecule has 3 atom stereocenters. The van der Waals surface area contributed by atoms with Crippen LogP contribution in [0.1, 0.15) is 23.7 Å². The molecule has 9 heteroatoms. The Labute approximate surface area is 142 Å². The Balaban J connectivity index is 2.31. The van der Waals surface area contributed by atoms with Gasteiger partial charge in [-0.15, -0.1) is 0 Å². The molecule has 1 fully saturated rings. The van der Waals surface area contributed by atoms with Gasteiger partial charge in [-0.3, -0.25) is 19.7 Å². The second-order valence-corrected chi connectivity index (χ2v) is 5.43. The SMILES string of the molecule is CCOC(=O)C1NC(=O)C(C#N)CC1C(=O)c1ccc([N+](=O)[O-])cc1. The molecule has 0 saturated carbocycles. The number of piperidine rings is 1. The third-order valence-corrected chi connectivity index (χ3v) is 3.90. The van der Waals surface area contributed by atoms with Crippen molar-refractivity contribution in [3.05, 3.63) is 39.9 Å². The molecule has 0 radical (unpaired) electrons. The Bertz CT molecular complexity index is 752. The molecule has 0 spiro atoms. The van der Waals surface area contributed by atoms with Gasteiger partial charge >= 0.3 is 5.97 Å². The van der Waals surface area contributed by atoms with Gasteiger partial charge in [-0.25, -0.2) is 4.79 Å². The second kappa shape index (κ2) is 7.53. The number of hydrogen-bond acceptors (Lipinski definition) is 7. The highest BCUT2D eigenvalue weighted by Crippen LogP contribution is 2.27.